The van der Waals surface area contributed by atoms with Crippen LogP contribution in [0.4, 0.5) is 0 Å². The number of hydrogen-bond donors (Lipinski definition) is 2. The third kappa shape index (κ3) is 1.91. The van der Waals surface area contributed by atoms with Crippen molar-refractivity contribution in [2.45, 2.75) is 64.6 Å². The fourth-order valence-electron chi connectivity index (χ4n) is 6.38. The lowest BCUT2D eigenvalue weighted by Gasteiger charge is -2.56. The van der Waals surface area contributed by atoms with Crippen molar-refractivity contribution >= 4 is 11.6 Å². The summed E-state index contributed by atoms with van der Waals surface area (Å²) in [5.74, 6) is 0.981. The van der Waals surface area contributed by atoms with E-state index in [1.807, 2.05) is 6.92 Å². The highest BCUT2D eigenvalue weighted by atomic mass is 16.3. The van der Waals surface area contributed by atoms with Crippen molar-refractivity contribution in [2.24, 2.45) is 28.6 Å². The van der Waals surface area contributed by atoms with Gasteiger partial charge < -0.3 is 10.2 Å². The number of rotatable bonds is 0. The molecule has 4 heteroatoms. The molecule has 4 aliphatic carbocycles. The Kier molecular flexibility index (Phi) is 3.21. The Hall–Kier alpha value is -1.00. The van der Waals surface area contributed by atoms with E-state index in [0.717, 1.165) is 25.7 Å². The summed E-state index contributed by atoms with van der Waals surface area (Å²) in [5.41, 5.74) is 0.687. The van der Waals surface area contributed by atoms with Gasteiger partial charge in [0, 0.05) is 11.8 Å². The van der Waals surface area contributed by atoms with Gasteiger partial charge in [-0.25, -0.2) is 0 Å². The Morgan fingerprint density at radius 2 is 1.83 bits per heavy atom. The van der Waals surface area contributed by atoms with Crippen LogP contribution in [0, 0.1) is 28.6 Å². The third-order valence-electron chi connectivity index (χ3n) is 7.70. The predicted molar refractivity (Wildman–Crippen MR) is 84.5 cm³/mol. The molecule has 0 spiro atoms. The normalized spacial score (nSPS) is 52.5. The molecule has 4 nitrogen and oxygen atoms in total. The molecular formula is C19H26O4. The number of aliphatic hydroxyl groups excluding tert-OH is 2. The molecule has 2 N–H and O–H groups in total. The lowest BCUT2D eigenvalue weighted by Crippen LogP contribution is -2.52. The van der Waals surface area contributed by atoms with Gasteiger partial charge in [-0.05, 0) is 61.3 Å². The van der Waals surface area contributed by atoms with Crippen LogP contribution < -0.4 is 0 Å². The van der Waals surface area contributed by atoms with Gasteiger partial charge in [0.05, 0.1) is 0 Å². The van der Waals surface area contributed by atoms with Crippen LogP contribution in [0.2, 0.25) is 0 Å². The molecule has 126 valence electrons. The van der Waals surface area contributed by atoms with E-state index < -0.39 is 12.2 Å². The molecule has 0 aromatic heterocycles. The van der Waals surface area contributed by atoms with Gasteiger partial charge >= 0.3 is 0 Å². The van der Waals surface area contributed by atoms with Gasteiger partial charge in [0.2, 0.25) is 0 Å². The summed E-state index contributed by atoms with van der Waals surface area (Å²) in [7, 11) is 0. The number of hydrogen-bond acceptors (Lipinski definition) is 4. The summed E-state index contributed by atoms with van der Waals surface area (Å²) < 4.78 is 0. The standard InChI is InChI=1S/C19H26O4/c1-18-6-5-12-11(13(18)8-15(21)17(18)23)4-3-10-7-14(20)16(22)9-19(10,12)2/h7,11-15,20-21H,3-6,8-9H2,1-2H3/t11-,12-,13+,14?,15?,18+,19+/m1/s1. The van der Waals surface area contributed by atoms with E-state index in [4.69, 9.17) is 0 Å². The van der Waals surface area contributed by atoms with Crippen LogP contribution in [0.3, 0.4) is 0 Å². The van der Waals surface area contributed by atoms with Gasteiger partial charge in [-0.3, -0.25) is 9.59 Å². The van der Waals surface area contributed by atoms with Crippen LogP contribution in [-0.2, 0) is 9.59 Å². The van der Waals surface area contributed by atoms with Crippen LogP contribution >= 0.6 is 0 Å². The van der Waals surface area contributed by atoms with Crippen LogP contribution in [0.5, 0.6) is 0 Å². The molecule has 4 aliphatic rings. The molecule has 3 fully saturated rings. The summed E-state index contributed by atoms with van der Waals surface area (Å²) in [5, 5.41) is 20.0. The first kappa shape index (κ1) is 15.5. The van der Waals surface area contributed by atoms with E-state index in [2.05, 4.69) is 6.92 Å². The first-order valence-corrected chi connectivity index (χ1v) is 8.92. The molecule has 7 atom stereocenters. The minimum absolute atomic E-state index is 0.0302. The summed E-state index contributed by atoms with van der Waals surface area (Å²) in [6.45, 7) is 4.21. The first-order chi connectivity index (χ1) is 10.8. The number of carbonyl (C=O) groups is 2. The smallest absolute Gasteiger partial charge is 0.167 e. The second-order valence-electron chi connectivity index (χ2n) is 8.68. The maximum absolute atomic E-state index is 12.4. The number of fused-ring (bicyclic) bond motifs is 5. The van der Waals surface area contributed by atoms with Gasteiger partial charge in [-0.2, -0.15) is 0 Å². The minimum Gasteiger partial charge on any atom is -0.385 e. The Balaban J connectivity index is 1.71. The Labute approximate surface area is 137 Å². The number of carbonyl (C=O) groups excluding carboxylic acids is 2. The number of Topliss-reactive ketones (excluding diaryl/α,β-unsaturated/α-hetero) is 2. The highest BCUT2D eigenvalue weighted by Gasteiger charge is 2.61. The van der Waals surface area contributed by atoms with E-state index in [9.17, 15) is 19.8 Å². The van der Waals surface area contributed by atoms with E-state index in [0.29, 0.717) is 24.7 Å². The molecule has 0 radical (unpaired) electrons. The van der Waals surface area contributed by atoms with Gasteiger partial charge in [0.1, 0.15) is 12.2 Å². The topological polar surface area (TPSA) is 74.6 Å². The largest absolute Gasteiger partial charge is 0.385 e. The van der Waals surface area contributed by atoms with Crippen molar-refractivity contribution in [1.82, 2.24) is 0 Å². The number of ketones is 2. The van der Waals surface area contributed by atoms with Gasteiger partial charge in [0.15, 0.2) is 11.6 Å². The monoisotopic (exact) mass is 318 g/mol. The molecule has 4 rings (SSSR count). The maximum Gasteiger partial charge on any atom is 0.167 e. The second-order valence-corrected chi connectivity index (χ2v) is 8.68. The molecule has 23 heavy (non-hydrogen) atoms. The van der Waals surface area contributed by atoms with Crippen LogP contribution in [0.1, 0.15) is 52.4 Å². The molecule has 0 heterocycles. The molecular weight excluding hydrogens is 292 g/mol. The number of aliphatic hydroxyl groups is 2. The first-order valence-electron chi connectivity index (χ1n) is 8.92. The van der Waals surface area contributed by atoms with E-state index in [-0.39, 0.29) is 28.3 Å². The van der Waals surface area contributed by atoms with E-state index >= 15 is 0 Å². The molecule has 0 aromatic rings. The highest BCUT2D eigenvalue weighted by Crippen LogP contribution is 2.64. The predicted octanol–water partition coefficient (Wildman–Crippen LogP) is 2.03. The van der Waals surface area contributed by atoms with E-state index in [1.165, 1.54) is 5.57 Å². The molecule has 3 saturated carbocycles. The van der Waals surface area contributed by atoms with Crippen molar-refractivity contribution in [3.63, 3.8) is 0 Å². The third-order valence-corrected chi connectivity index (χ3v) is 7.70. The zero-order chi connectivity index (χ0) is 16.6. The average Bonchev–Trinajstić information content (AvgIpc) is 2.73. The molecule has 0 amide bonds. The van der Waals surface area contributed by atoms with Crippen LogP contribution in [0.15, 0.2) is 11.6 Å². The van der Waals surface area contributed by atoms with E-state index in [1.54, 1.807) is 6.08 Å². The highest BCUT2D eigenvalue weighted by molar-refractivity contribution is 5.91. The molecule has 0 aromatic carbocycles. The SMILES string of the molecule is C[C@]12CC(=O)C(O)C=C1CC[C@@H]1[C@H]2CC[C@]2(C)C(=O)C(O)C[C@@H]12. The minimum atomic E-state index is -0.932. The maximum atomic E-state index is 12.4. The summed E-state index contributed by atoms with van der Waals surface area (Å²) in [6.07, 6.45) is 4.71. The molecule has 0 aliphatic heterocycles. The average molecular weight is 318 g/mol. The van der Waals surface area contributed by atoms with Crippen molar-refractivity contribution in [2.75, 3.05) is 0 Å². The number of allylic oxidation sites excluding steroid dienone is 1. The fraction of sp³-hybridized carbons (Fsp3) is 0.789. The Morgan fingerprint density at radius 1 is 1.09 bits per heavy atom. The van der Waals surface area contributed by atoms with Crippen molar-refractivity contribution in [3.8, 4) is 0 Å². The molecule has 0 saturated heterocycles. The van der Waals surface area contributed by atoms with Crippen molar-refractivity contribution in [1.29, 1.82) is 0 Å². The summed E-state index contributed by atoms with van der Waals surface area (Å²) in [4.78, 5) is 24.6. The zero-order valence-electron chi connectivity index (χ0n) is 13.9. The van der Waals surface area contributed by atoms with Crippen molar-refractivity contribution in [3.05, 3.63) is 11.6 Å². The zero-order valence-corrected chi connectivity index (χ0v) is 13.9. The van der Waals surface area contributed by atoms with Crippen LogP contribution in [-0.4, -0.2) is 34.0 Å². The van der Waals surface area contributed by atoms with Crippen LogP contribution in [0.25, 0.3) is 0 Å². The van der Waals surface area contributed by atoms with Gasteiger partial charge in [0.25, 0.3) is 0 Å². The Bertz CT molecular complexity index is 608. The van der Waals surface area contributed by atoms with Gasteiger partial charge in [-0.1, -0.05) is 19.4 Å². The Morgan fingerprint density at radius 3 is 2.57 bits per heavy atom. The van der Waals surface area contributed by atoms with Crippen molar-refractivity contribution < 1.29 is 19.8 Å². The second kappa shape index (κ2) is 4.76. The lowest BCUT2D eigenvalue weighted by molar-refractivity contribution is -0.139. The quantitative estimate of drug-likeness (QED) is 0.670. The lowest BCUT2D eigenvalue weighted by atomic mass is 9.47. The summed E-state index contributed by atoms with van der Waals surface area (Å²) in [6, 6.07) is 0. The molecule has 0 bridgehead atoms. The van der Waals surface area contributed by atoms with Gasteiger partial charge in [-0.15, -0.1) is 0 Å². The summed E-state index contributed by atoms with van der Waals surface area (Å²) >= 11 is 0. The fourth-order valence-corrected chi connectivity index (χ4v) is 6.38. The molecule has 2 unspecified atom stereocenters.